The van der Waals surface area contributed by atoms with Gasteiger partial charge in [0.15, 0.2) is 0 Å². The largest absolute Gasteiger partial charge is 0.548 e. The smallest absolute Gasteiger partial charge is 0.410 e. The molecule has 1 amide bonds. The molecule has 0 bridgehead atoms. The summed E-state index contributed by atoms with van der Waals surface area (Å²) in [5, 5.41) is 20.8. The predicted octanol–water partition coefficient (Wildman–Crippen LogP) is 1.12. The van der Waals surface area contributed by atoms with Crippen LogP contribution in [-0.2, 0) is 9.53 Å². The fraction of sp³-hybridized carbons (Fsp3) is 0.300. The molecule has 0 radical (unpaired) electrons. The molecule has 2 aliphatic rings. The fourth-order valence-corrected chi connectivity index (χ4v) is 3.92. The first-order chi connectivity index (χ1) is 12.6. The Morgan fingerprint density at radius 1 is 1.08 bits per heavy atom. The number of aliphatic hydroxyl groups is 1. The van der Waals surface area contributed by atoms with Crippen LogP contribution < -0.4 is 5.11 Å². The van der Waals surface area contributed by atoms with Crippen molar-refractivity contribution in [3.63, 3.8) is 0 Å². The van der Waals surface area contributed by atoms with Crippen molar-refractivity contribution in [1.29, 1.82) is 0 Å². The average molecular weight is 352 g/mol. The van der Waals surface area contributed by atoms with Gasteiger partial charge in [0.25, 0.3) is 0 Å². The molecule has 2 unspecified atom stereocenters. The zero-order valence-corrected chi connectivity index (χ0v) is 14.0. The van der Waals surface area contributed by atoms with E-state index in [-0.39, 0.29) is 25.5 Å². The van der Waals surface area contributed by atoms with Crippen LogP contribution in [0.15, 0.2) is 48.5 Å². The van der Waals surface area contributed by atoms with Gasteiger partial charge in [-0.3, -0.25) is 4.90 Å². The van der Waals surface area contributed by atoms with Gasteiger partial charge < -0.3 is 19.7 Å². The van der Waals surface area contributed by atoms with Crippen LogP contribution in [0.25, 0.3) is 11.1 Å². The van der Waals surface area contributed by atoms with E-state index in [2.05, 4.69) is 0 Å². The quantitative estimate of drug-likeness (QED) is 0.894. The number of carboxylic acids is 1. The van der Waals surface area contributed by atoms with E-state index >= 15 is 0 Å². The standard InChI is InChI=1S/C20H19NO5/c22-12-9-18(19(23)24)21(10-12)20(25)26-11-17-15-7-3-1-5-13(15)14-6-2-4-8-16(14)17/h1-8,12,17-18,22H,9-11H2,(H,23,24)/p-1. The number of ether oxygens (including phenoxy) is 1. The molecule has 4 rings (SSSR count). The van der Waals surface area contributed by atoms with E-state index in [1.807, 2.05) is 48.5 Å². The van der Waals surface area contributed by atoms with Gasteiger partial charge in [-0.15, -0.1) is 0 Å². The van der Waals surface area contributed by atoms with Crippen molar-refractivity contribution >= 4 is 12.1 Å². The number of benzene rings is 2. The molecule has 1 aliphatic carbocycles. The lowest BCUT2D eigenvalue weighted by Crippen LogP contribution is -2.47. The van der Waals surface area contributed by atoms with Crippen LogP contribution in [0.5, 0.6) is 0 Å². The zero-order chi connectivity index (χ0) is 18.3. The second-order valence-corrected chi connectivity index (χ2v) is 6.68. The van der Waals surface area contributed by atoms with Crippen molar-refractivity contribution < 1.29 is 24.5 Å². The van der Waals surface area contributed by atoms with Crippen molar-refractivity contribution in [3.8, 4) is 11.1 Å². The van der Waals surface area contributed by atoms with Crippen LogP contribution >= 0.6 is 0 Å². The molecule has 1 heterocycles. The third-order valence-electron chi connectivity index (χ3n) is 5.12. The van der Waals surface area contributed by atoms with Gasteiger partial charge in [-0.2, -0.15) is 0 Å². The van der Waals surface area contributed by atoms with Crippen molar-refractivity contribution in [2.24, 2.45) is 0 Å². The van der Waals surface area contributed by atoms with Crippen LogP contribution in [0, 0.1) is 0 Å². The predicted molar refractivity (Wildman–Crippen MR) is 91.2 cm³/mol. The number of β-amino-alcohol motifs (C(OH)–C–C–N with tert-alkyl or cyclic N) is 1. The number of likely N-dealkylation sites (tertiary alicyclic amines) is 1. The summed E-state index contributed by atoms with van der Waals surface area (Å²) in [7, 11) is 0. The Balaban J connectivity index is 1.53. The van der Waals surface area contributed by atoms with Crippen LogP contribution in [0.2, 0.25) is 0 Å². The molecule has 1 N–H and O–H groups in total. The molecule has 1 aliphatic heterocycles. The molecular weight excluding hydrogens is 334 g/mol. The lowest BCUT2D eigenvalue weighted by Gasteiger charge is -2.25. The normalized spacial score (nSPS) is 21.3. The zero-order valence-electron chi connectivity index (χ0n) is 14.0. The first kappa shape index (κ1) is 16.6. The van der Waals surface area contributed by atoms with Crippen molar-refractivity contribution in [2.45, 2.75) is 24.5 Å². The highest BCUT2D eigenvalue weighted by Crippen LogP contribution is 2.44. The van der Waals surface area contributed by atoms with Gasteiger partial charge in [-0.25, -0.2) is 4.79 Å². The molecule has 2 aromatic rings. The number of nitrogens with zero attached hydrogens (tertiary/aromatic N) is 1. The Kier molecular flexibility index (Phi) is 4.12. The first-order valence-corrected chi connectivity index (χ1v) is 8.57. The topological polar surface area (TPSA) is 89.9 Å². The third-order valence-corrected chi connectivity index (χ3v) is 5.12. The van der Waals surface area contributed by atoms with Gasteiger partial charge in [0.1, 0.15) is 6.61 Å². The molecule has 6 nitrogen and oxygen atoms in total. The first-order valence-electron chi connectivity index (χ1n) is 8.57. The highest BCUT2D eigenvalue weighted by Gasteiger charge is 2.37. The maximum atomic E-state index is 12.4. The molecule has 6 heteroatoms. The van der Waals surface area contributed by atoms with Gasteiger partial charge in [0, 0.05) is 12.3 Å². The Bertz CT molecular complexity index is 819. The van der Waals surface area contributed by atoms with Crippen LogP contribution in [0.3, 0.4) is 0 Å². The van der Waals surface area contributed by atoms with E-state index in [0.717, 1.165) is 27.2 Å². The summed E-state index contributed by atoms with van der Waals surface area (Å²) in [6.45, 7) is 0.0501. The van der Waals surface area contributed by atoms with E-state index in [0.29, 0.717) is 0 Å². The number of fused-ring (bicyclic) bond motifs is 3. The number of hydrogen-bond donors (Lipinski definition) is 1. The van der Waals surface area contributed by atoms with Gasteiger partial charge in [0.05, 0.1) is 24.7 Å². The third kappa shape index (κ3) is 2.72. The van der Waals surface area contributed by atoms with E-state index in [4.69, 9.17) is 4.74 Å². The molecule has 134 valence electrons. The molecule has 1 fully saturated rings. The summed E-state index contributed by atoms with van der Waals surface area (Å²) in [4.78, 5) is 24.6. The molecule has 2 atom stereocenters. The Morgan fingerprint density at radius 3 is 2.23 bits per heavy atom. The summed E-state index contributed by atoms with van der Waals surface area (Å²) >= 11 is 0. The van der Waals surface area contributed by atoms with Crippen LogP contribution in [-0.4, -0.2) is 47.4 Å². The molecule has 0 saturated carbocycles. The maximum absolute atomic E-state index is 12.4. The summed E-state index contributed by atoms with van der Waals surface area (Å²) in [6, 6.07) is 14.8. The Morgan fingerprint density at radius 2 is 1.65 bits per heavy atom. The number of carbonyl (C=O) groups excluding carboxylic acids is 2. The van der Waals surface area contributed by atoms with Gasteiger partial charge >= 0.3 is 6.09 Å². The molecule has 2 aromatic carbocycles. The summed E-state index contributed by atoms with van der Waals surface area (Å²) < 4.78 is 5.44. The van der Waals surface area contributed by atoms with Gasteiger partial charge in [-0.05, 0) is 22.3 Å². The Labute approximate surface area is 150 Å². The highest BCUT2D eigenvalue weighted by molar-refractivity contribution is 5.81. The van der Waals surface area contributed by atoms with E-state index < -0.39 is 24.2 Å². The monoisotopic (exact) mass is 352 g/mol. The van der Waals surface area contributed by atoms with Gasteiger partial charge in [0.2, 0.25) is 0 Å². The SMILES string of the molecule is O=C([O-])C1CC(O)CN1C(=O)OCC1c2ccccc2-c2ccccc21. The van der Waals surface area contributed by atoms with Gasteiger partial charge in [-0.1, -0.05) is 48.5 Å². The minimum absolute atomic E-state index is 0.0352. The van der Waals surface area contributed by atoms with E-state index in [1.54, 1.807) is 0 Å². The van der Waals surface area contributed by atoms with Crippen molar-refractivity contribution in [2.75, 3.05) is 13.2 Å². The molecule has 0 spiro atoms. The lowest BCUT2D eigenvalue weighted by atomic mass is 9.98. The number of amides is 1. The molecular formula is C20H18NO5-. The van der Waals surface area contributed by atoms with Crippen LogP contribution in [0.1, 0.15) is 23.5 Å². The van der Waals surface area contributed by atoms with Crippen LogP contribution in [0.4, 0.5) is 4.79 Å². The number of hydrogen-bond acceptors (Lipinski definition) is 5. The number of rotatable bonds is 3. The van der Waals surface area contributed by atoms with Crippen molar-refractivity contribution in [3.05, 3.63) is 59.7 Å². The molecule has 0 aromatic heterocycles. The minimum Gasteiger partial charge on any atom is -0.548 e. The second kappa shape index (κ2) is 6.46. The van der Waals surface area contributed by atoms with E-state index in [1.165, 1.54) is 0 Å². The van der Waals surface area contributed by atoms with E-state index in [9.17, 15) is 19.8 Å². The average Bonchev–Trinajstić information content (AvgIpc) is 3.18. The number of aliphatic hydroxyl groups excluding tert-OH is 1. The summed E-state index contributed by atoms with van der Waals surface area (Å²) in [6.07, 6.45) is -1.65. The van der Waals surface area contributed by atoms with Crippen molar-refractivity contribution in [1.82, 2.24) is 4.90 Å². The Hall–Kier alpha value is -2.86. The lowest BCUT2D eigenvalue weighted by molar-refractivity contribution is -0.310. The maximum Gasteiger partial charge on any atom is 0.410 e. The summed E-state index contributed by atoms with van der Waals surface area (Å²) in [5.74, 6) is -1.48. The number of carboxylic acid groups (broad SMARTS) is 1. The number of carbonyl (C=O) groups is 2. The highest BCUT2D eigenvalue weighted by atomic mass is 16.6. The minimum atomic E-state index is -1.38. The molecule has 26 heavy (non-hydrogen) atoms. The second-order valence-electron chi connectivity index (χ2n) is 6.68. The molecule has 1 saturated heterocycles. The number of aliphatic carboxylic acids is 1. The summed E-state index contributed by atoms with van der Waals surface area (Å²) in [5.41, 5.74) is 4.40. The fourth-order valence-electron chi connectivity index (χ4n) is 3.92.